The number of carbonyl (C=O) groups excluding carboxylic acids is 3. The largest absolute Gasteiger partial charge is 0.459 e. The maximum atomic E-state index is 12.8. The summed E-state index contributed by atoms with van der Waals surface area (Å²) < 4.78 is 7.23. The summed E-state index contributed by atoms with van der Waals surface area (Å²) in [5.74, 6) is -0.873. The van der Waals surface area contributed by atoms with Gasteiger partial charge in [-0.1, -0.05) is 36.0 Å². The molecular weight excluding hydrogens is 474 g/mol. The molecule has 0 atom stereocenters. The van der Waals surface area contributed by atoms with Gasteiger partial charge < -0.3 is 20.4 Å². The minimum Gasteiger partial charge on any atom is -0.459 e. The van der Waals surface area contributed by atoms with Gasteiger partial charge in [0, 0.05) is 12.1 Å². The number of rotatable bonds is 9. The minimum absolute atomic E-state index is 0.0351. The molecule has 11 heteroatoms. The van der Waals surface area contributed by atoms with E-state index in [9.17, 15) is 14.4 Å². The molecule has 2 heterocycles. The van der Waals surface area contributed by atoms with Gasteiger partial charge in [0.2, 0.25) is 5.91 Å². The second kappa shape index (κ2) is 10.8. The summed E-state index contributed by atoms with van der Waals surface area (Å²) in [6.45, 7) is 9.68. The van der Waals surface area contributed by atoms with E-state index >= 15 is 0 Å². The predicted molar refractivity (Wildman–Crippen MR) is 133 cm³/mol. The number of benzene rings is 1. The van der Waals surface area contributed by atoms with Gasteiger partial charge in [-0.3, -0.25) is 9.59 Å². The summed E-state index contributed by atoms with van der Waals surface area (Å²) in [7, 11) is 0. The fourth-order valence-corrected chi connectivity index (χ4v) is 5.22. The standard InChI is InChI=1S/C23H27N5O4S2/c1-6-28-20(15-10-8-7-9-13(15)4)26-27-23(28)33-11-16(29)25-21-17(22(31)32-12(2)3)14(5)18(34-21)19(24)30/h7-10,12H,6,11H2,1-5H3,(H2,24,30)(H,25,29). The fraction of sp³-hybridized carbons (Fsp3) is 0.348. The highest BCUT2D eigenvalue weighted by molar-refractivity contribution is 7.99. The number of primary amides is 1. The van der Waals surface area contributed by atoms with E-state index in [2.05, 4.69) is 15.5 Å². The van der Waals surface area contributed by atoms with E-state index < -0.39 is 11.9 Å². The predicted octanol–water partition coefficient (Wildman–Crippen LogP) is 4.04. The lowest BCUT2D eigenvalue weighted by atomic mass is 10.1. The number of aryl methyl sites for hydroxylation is 1. The van der Waals surface area contributed by atoms with Gasteiger partial charge in [0.15, 0.2) is 11.0 Å². The molecule has 9 nitrogen and oxygen atoms in total. The Hall–Kier alpha value is -3.18. The molecule has 0 saturated heterocycles. The lowest BCUT2D eigenvalue weighted by Crippen LogP contribution is -2.18. The van der Waals surface area contributed by atoms with Crippen LogP contribution in [0.3, 0.4) is 0 Å². The van der Waals surface area contributed by atoms with E-state index in [1.54, 1.807) is 20.8 Å². The minimum atomic E-state index is -0.671. The van der Waals surface area contributed by atoms with E-state index in [0.29, 0.717) is 17.3 Å². The third kappa shape index (κ3) is 5.48. The third-order valence-corrected chi connectivity index (χ3v) is 7.11. The molecule has 0 saturated carbocycles. The van der Waals surface area contributed by atoms with Crippen molar-refractivity contribution in [2.45, 2.75) is 52.4 Å². The Kier molecular flexibility index (Phi) is 8.11. The molecule has 2 aromatic heterocycles. The summed E-state index contributed by atoms with van der Waals surface area (Å²) in [6.07, 6.45) is -0.356. The molecule has 0 unspecified atom stereocenters. The lowest BCUT2D eigenvalue weighted by Gasteiger charge is -2.11. The van der Waals surface area contributed by atoms with E-state index in [1.807, 2.05) is 42.7 Å². The first-order chi connectivity index (χ1) is 16.1. The second-order valence-corrected chi connectivity index (χ2v) is 9.74. The van der Waals surface area contributed by atoms with Crippen LogP contribution in [0.25, 0.3) is 11.4 Å². The van der Waals surface area contributed by atoms with Crippen LogP contribution in [0.5, 0.6) is 0 Å². The topological polar surface area (TPSA) is 129 Å². The maximum Gasteiger partial charge on any atom is 0.341 e. The van der Waals surface area contributed by atoms with Crippen molar-refractivity contribution >= 4 is 45.9 Å². The Bertz CT molecular complexity index is 1230. The van der Waals surface area contributed by atoms with E-state index in [-0.39, 0.29) is 33.2 Å². The van der Waals surface area contributed by atoms with Crippen LogP contribution in [-0.2, 0) is 16.1 Å². The van der Waals surface area contributed by atoms with Crippen molar-refractivity contribution in [2.75, 3.05) is 11.1 Å². The molecule has 0 aliphatic heterocycles. The number of carbonyl (C=O) groups is 3. The number of anilines is 1. The zero-order valence-corrected chi connectivity index (χ0v) is 21.3. The molecule has 1 aromatic carbocycles. The first-order valence-electron chi connectivity index (χ1n) is 10.7. The van der Waals surface area contributed by atoms with Gasteiger partial charge in [-0.2, -0.15) is 0 Å². The van der Waals surface area contributed by atoms with Gasteiger partial charge in [-0.25, -0.2) is 4.79 Å². The highest BCUT2D eigenvalue weighted by atomic mass is 32.2. The van der Waals surface area contributed by atoms with Gasteiger partial charge in [0.25, 0.3) is 5.91 Å². The van der Waals surface area contributed by atoms with Crippen molar-refractivity contribution < 1.29 is 19.1 Å². The third-order valence-electron chi connectivity index (χ3n) is 4.92. The summed E-state index contributed by atoms with van der Waals surface area (Å²) in [6, 6.07) is 7.91. The number of nitrogens with one attached hydrogen (secondary N) is 1. The highest BCUT2D eigenvalue weighted by Crippen LogP contribution is 2.34. The van der Waals surface area contributed by atoms with Crippen LogP contribution < -0.4 is 11.1 Å². The molecule has 3 aromatic rings. The van der Waals surface area contributed by atoms with Gasteiger partial charge in [-0.05, 0) is 45.7 Å². The molecule has 34 heavy (non-hydrogen) atoms. The first-order valence-corrected chi connectivity index (χ1v) is 12.5. The van der Waals surface area contributed by atoms with Crippen LogP contribution in [0.4, 0.5) is 5.00 Å². The molecule has 2 amide bonds. The number of hydrogen-bond donors (Lipinski definition) is 2. The van der Waals surface area contributed by atoms with Gasteiger partial charge in [-0.15, -0.1) is 21.5 Å². The molecule has 0 bridgehead atoms. The molecule has 180 valence electrons. The molecular formula is C23H27N5O4S2. The summed E-state index contributed by atoms with van der Waals surface area (Å²) in [5, 5.41) is 12.2. The maximum absolute atomic E-state index is 12.8. The summed E-state index contributed by atoms with van der Waals surface area (Å²) in [5.41, 5.74) is 8.04. The smallest absolute Gasteiger partial charge is 0.341 e. The number of hydrogen-bond acceptors (Lipinski definition) is 8. The Morgan fingerprint density at radius 1 is 1.21 bits per heavy atom. The van der Waals surface area contributed by atoms with E-state index in [4.69, 9.17) is 10.5 Å². The average Bonchev–Trinajstić information content (AvgIpc) is 3.32. The number of esters is 1. The molecule has 0 radical (unpaired) electrons. The van der Waals surface area contributed by atoms with Crippen LogP contribution in [0.15, 0.2) is 29.4 Å². The van der Waals surface area contributed by atoms with Crippen molar-refractivity contribution in [2.24, 2.45) is 5.73 Å². The molecule has 0 aliphatic carbocycles. The molecule has 0 spiro atoms. The average molecular weight is 502 g/mol. The fourth-order valence-electron chi connectivity index (χ4n) is 3.35. The second-order valence-electron chi connectivity index (χ2n) is 7.78. The number of ether oxygens (including phenoxy) is 1. The van der Waals surface area contributed by atoms with Crippen LogP contribution >= 0.6 is 23.1 Å². The molecule has 3 rings (SSSR count). The number of aromatic nitrogens is 3. The number of amides is 2. The first kappa shape index (κ1) is 25.4. The number of thioether (sulfide) groups is 1. The van der Waals surface area contributed by atoms with Crippen molar-refractivity contribution in [1.82, 2.24) is 14.8 Å². The van der Waals surface area contributed by atoms with Gasteiger partial charge in [0.1, 0.15) is 5.00 Å². The van der Waals surface area contributed by atoms with Crippen molar-refractivity contribution in [3.05, 3.63) is 45.8 Å². The Morgan fingerprint density at radius 3 is 2.53 bits per heavy atom. The SMILES string of the molecule is CCn1c(SCC(=O)Nc2sc(C(N)=O)c(C)c2C(=O)OC(C)C)nnc1-c1ccccc1C. The number of nitrogens with zero attached hydrogens (tertiary/aromatic N) is 3. The van der Waals surface area contributed by atoms with Crippen molar-refractivity contribution in [3.63, 3.8) is 0 Å². The molecule has 0 aliphatic rings. The van der Waals surface area contributed by atoms with Gasteiger partial charge >= 0.3 is 5.97 Å². The lowest BCUT2D eigenvalue weighted by molar-refractivity contribution is -0.113. The van der Waals surface area contributed by atoms with Crippen LogP contribution in [0.1, 0.15) is 51.9 Å². The number of thiophene rings is 1. The Morgan fingerprint density at radius 2 is 1.91 bits per heavy atom. The Labute approximate surface area is 206 Å². The van der Waals surface area contributed by atoms with Crippen molar-refractivity contribution in [1.29, 1.82) is 0 Å². The molecule has 3 N–H and O–H groups in total. The normalized spacial score (nSPS) is 11.0. The Balaban J connectivity index is 1.78. The van der Waals surface area contributed by atoms with Crippen LogP contribution in [0, 0.1) is 13.8 Å². The van der Waals surface area contributed by atoms with Crippen molar-refractivity contribution in [3.8, 4) is 11.4 Å². The zero-order chi connectivity index (χ0) is 25.0. The zero-order valence-electron chi connectivity index (χ0n) is 19.7. The number of nitrogens with two attached hydrogens (primary N) is 1. The van der Waals surface area contributed by atoms with Crippen LogP contribution in [-0.4, -0.2) is 44.4 Å². The monoisotopic (exact) mass is 501 g/mol. The summed E-state index contributed by atoms with van der Waals surface area (Å²) >= 11 is 2.20. The van der Waals surface area contributed by atoms with Crippen LogP contribution in [0.2, 0.25) is 0 Å². The summed E-state index contributed by atoms with van der Waals surface area (Å²) in [4.78, 5) is 37.3. The van der Waals surface area contributed by atoms with E-state index in [0.717, 1.165) is 28.3 Å². The van der Waals surface area contributed by atoms with Gasteiger partial charge in [0.05, 0.1) is 22.3 Å². The highest BCUT2D eigenvalue weighted by Gasteiger charge is 2.26. The quantitative estimate of drug-likeness (QED) is 0.334. The van der Waals surface area contributed by atoms with E-state index in [1.165, 1.54) is 11.8 Å². The molecule has 0 fully saturated rings.